The molecule has 0 aliphatic rings. The normalized spacial score (nSPS) is 13.2. The summed E-state index contributed by atoms with van der Waals surface area (Å²) < 4.78 is 1.57. The Kier molecular flexibility index (Phi) is 5.27. The van der Waals surface area contributed by atoms with Gasteiger partial charge in [-0.1, -0.05) is 19.1 Å². The van der Waals surface area contributed by atoms with Gasteiger partial charge in [0.2, 0.25) is 0 Å². The highest BCUT2D eigenvalue weighted by atomic mass is 16.4. The molecule has 0 fully saturated rings. The van der Waals surface area contributed by atoms with Gasteiger partial charge in [0.15, 0.2) is 5.69 Å². The quantitative estimate of drug-likeness (QED) is 0.795. The molecule has 6 nitrogen and oxygen atoms in total. The van der Waals surface area contributed by atoms with Crippen LogP contribution in [0.15, 0.2) is 6.20 Å². The number of hydrogen-bond donors (Lipinski definition) is 1. The fourth-order valence-corrected chi connectivity index (χ4v) is 1.85. The summed E-state index contributed by atoms with van der Waals surface area (Å²) in [6.45, 7) is 8.10. The topological polar surface area (TPSA) is 71.2 Å². The SMILES string of the molecule is CC(C)CC(C)N(C)CCn1cc(C(=O)O)nn1. The van der Waals surface area contributed by atoms with Gasteiger partial charge in [-0.2, -0.15) is 0 Å². The standard InChI is InChI=1S/C12H22N4O2/c1-9(2)7-10(3)15(4)5-6-16-8-11(12(17)18)13-14-16/h8-10H,5-7H2,1-4H3,(H,17,18). The molecule has 1 heterocycles. The van der Waals surface area contributed by atoms with E-state index in [-0.39, 0.29) is 5.69 Å². The van der Waals surface area contributed by atoms with E-state index >= 15 is 0 Å². The van der Waals surface area contributed by atoms with Crippen LogP contribution in [-0.4, -0.2) is 50.6 Å². The van der Waals surface area contributed by atoms with Crippen molar-refractivity contribution in [3.8, 4) is 0 Å². The molecule has 0 aliphatic carbocycles. The van der Waals surface area contributed by atoms with Crippen molar-refractivity contribution in [3.63, 3.8) is 0 Å². The van der Waals surface area contributed by atoms with Crippen molar-refractivity contribution in [1.82, 2.24) is 19.9 Å². The summed E-state index contributed by atoms with van der Waals surface area (Å²) >= 11 is 0. The van der Waals surface area contributed by atoms with Crippen molar-refractivity contribution in [2.24, 2.45) is 5.92 Å². The summed E-state index contributed by atoms with van der Waals surface area (Å²) in [6.07, 6.45) is 2.61. The first-order valence-corrected chi connectivity index (χ1v) is 6.23. The minimum absolute atomic E-state index is 0.00659. The van der Waals surface area contributed by atoms with Gasteiger partial charge in [-0.15, -0.1) is 5.10 Å². The molecule has 0 aromatic carbocycles. The van der Waals surface area contributed by atoms with Crippen molar-refractivity contribution in [1.29, 1.82) is 0 Å². The van der Waals surface area contributed by atoms with Crippen LogP contribution >= 0.6 is 0 Å². The Morgan fingerprint density at radius 3 is 2.67 bits per heavy atom. The molecule has 0 saturated heterocycles. The molecule has 1 aromatic heterocycles. The lowest BCUT2D eigenvalue weighted by Crippen LogP contribution is -2.33. The van der Waals surface area contributed by atoms with Crippen molar-refractivity contribution >= 4 is 5.97 Å². The van der Waals surface area contributed by atoms with Crippen LogP contribution in [0.4, 0.5) is 0 Å². The number of nitrogens with zero attached hydrogens (tertiary/aromatic N) is 4. The lowest BCUT2D eigenvalue weighted by molar-refractivity contribution is 0.0690. The van der Waals surface area contributed by atoms with E-state index in [1.165, 1.54) is 6.20 Å². The fraction of sp³-hybridized carbons (Fsp3) is 0.750. The molecule has 1 aromatic rings. The number of carboxylic acid groups (broad SMARTS) is 1. The highest BCUT2D eigenvalue weighted by Gasteiger charge is 2.12. The lowest BCUT2D eigenvalue weighted by atomic mass is 10.0. The van der Waals surface area contributed by atoms with Gasteiger partial charge in [0.1, 0.15) is 0 Å². The van der Waals surface area contributed by atoms with Crippen LogP contribution in [0, 0.1) is 5.92 Å². The maximum Gasteiger partial charge on any atom is 0.358 e. The molecule has 1 atom stereocenters. The van der Waals surface area contributed by atoms with Crippen molar-refractivity contribution < 1.29 is 9.90 Å². The molecule has 18 heavy (non-hydrogen) atoms. The van der Waals surface area contributed by atoms with E-state index in [4.69, 9.17) is 5.11 Å². The Morgan fingerprint density at radius 1 is 1.50 bits per heavy atom. The highest BCUT2D eigenvalue weighted by Crippen LogP contribution is 2.09. The Morgan fingerprint density at radius 2 is 2.17 bits per heavy atom. The second-order valence-electron chi connectivity index (χ2n) is 5.13. The summed E-state index contributed by atoms with van der Waals surface area (Å²) in [4.78, 5) is 12.9. The van der Waals surface area contributed by atoms with Crippen molar-refractivity contribution in [3.05, 3.63) is 11.9 Å². The average molecular weight is 254 g/mol. The molecule has 0 amide bonds. The first-order chi connectivity index (χ1) is 8.40. The second-order valence-corrected chi connectivity index (χ2v) is 5.13. The Bertz CT molecular complexity index is 389. The summed E-state index contributed by atoms with van der Waals surface area (Å²) in [5.74, 6) is -0.366. The van der Waals surface area contributed by atoms with E-state index in [0.29, 0.717) is 18.5 Å². The third kappa shape index (κ3) is 4.44. The van der Waals surface area contributed by atoms with Crippen LogP contribution in [0.5, 0.6) is 0 Å². The predicted molar refractivity (Wildman–Crippen MR) is 68.5 cm³/mol. The zero-order chi connectivity index (χ0) is 13.7. The monoisotopic (exact) mass is 254 g/mol. The van der Waals surface area contributed by atoms with Crippen LogP contribution in [0.25, 0.3) is 0 Å². The molecule has 0 spiro atoms. The van der Waals surface area contributed by atoms with Gasteiger partial charge in [-0.3, -0.25) is 4.68 Å². The van der Waals surface area contributed by atoms with Gasteiger partial charge in [-0.25, -0.2) is 4.79 Å². The van der Waals surface area contributed by atoms with Gasteiger partial charge in [0.05, 0.1) is 12.7 Å². The molecule has 1 N–H and O–H groups in total. The fourth-order valence-electron chi connectivity index (χ4n) is 1.85. The van der Waals surface area contributed by atoms with E-state index in [2.05, 4.69) is 43.0 Å². The van der Waals surface area contributed by atoms with E-state index in [1.807, 2.05) is 0 Å². The number of aromatic nitrogens is 3. The van der Waals surface area contributed by atoms with Crippen LogP contribution in [0.1, 0.15) is 37.7 Å². The van der Waals surface area contributed by atoms with Gasteiger partial charge < -0.3 is 10.0 Å². The molecule has 0 bridgehead atoms. The summed E-state index contributed by atoms with van der Waals surface area (Å²) in [6, 6.07) is 0.507. The molecule has 0 radical (unpaired) electrons. The van der Waals surface area contributed by atoms with E-state index in [1.54, 1.807) is 4.68 Å². The molecule has 1 unspecified atom stereocenters. The minimum atomic E-state index is -1.04. The predicted octanol–water partition coefficient (Wildman–Crippen LogP) is 1.34. The van der Waals surface area contributed by atoms with Gasteiger partial charge in [0, 0.05) is 12.6 Å². The maximum atomic E-state index is 10.7. The van der Waals surface area contributed by atoms with E-state index in [9.17, 15) is 4.79 Å². The second kappa shape index (κ2) is 6.49. The maximum absolute atomic E-state index is 10.7. The van der Waals surface area contributed by atoms with Crippen LogP contribution < -0.4 is 0 Å². The largest absolute Gasteiger partial charge is 0.476 e. The smallest absolute Gasteiger partial charge is 0.358 e. The van der Waals surface area contributed by atoms with Gasteiger partial charge in [-0.05, 0) is 26.3 Å². The van der Waals surface area contributed by atoms with Crippen LogP contribution in [-0.2, 0) is 6.54 Å². The molecular formula is C12H22N4O2. The third-order valence-corrected chi connectivity index (χ3v) is 3.00. The van der Waals surface area contributed by atoms with E-state index in [0.717, 1.165) is 13.0 Å². The van der Waals surface area contributed by atoms with Crippen LogP contribution in [0.2, 0.25) is 0 Å². The summed E-state index contributed by atoms with van der Waals surface area (Å²) in [5, 5.41) is 16.1. The summed E-state index contributed by atoms with van der Waals surface area (Å²) in [7, 11) is 2.07. The molecule has 0 saturated carbocycles. The first-order valence-electron chi connectivity index (χ1n) is 6.23. The minimum Gasteiger partial charge on any atom is -0.476 e. The summed E-state index contributed by atoms with van der Waals surface area (Å²) in [5.41, 5.74) is -0.00659. The van der Waals surface area contributed by atoms with Gasteiger partial charge >= 0.3 is 5.97 Å². The molecular weight excluding hydrogens is 232 g/mol. The van der Waals surface area contributed by atoms with Crippen molar-refractivity contribution in [2.75, 3.05) is 13.6 Å². The molecule has 102 valence electrons. The zero-order valence-corrected chi connectivity index (χ0v) is 11.5. The number of likely N-dealkylation sites (N-methyl/N-ethyl adjacent to an activating group) is 1. The molecule has 1 rings (SSSR count). The lowest BCUT2D eigenvalue weighted by Gasteiger charge is -2.25. The number of carboxylic acids is 1. The molecule has 0 aliphatic heterocycles. The average Bonchev–Trinajstić information content (AvgIpc) is 2.73. The zero-order valence-electron chi connectivity index (χ0n) is 11.5. The number of aromatic carboxylic acids is 1. The van der Waals surface area contributed by atoms with E-state index < -0.39 is 5.97 Å². The number of hydrogen-bond acceptors (Lipinski definition) is 4. The first kappa shape index (κ1) is 14.6. The molecule has 6 heteroatoms. The highest BCUT2D eigenvalue weighted by molar-refractivity contribution is 5.84. The van der Waals surface area contributed by atoms with Gasteiger partial charge in [0.25, 0.3) is 0 Å². The number of rotatable bonds is 7. The third-order valence-electron chi connectivity index (χ3n) is 3.00. The van der Waals surface area contributed by atoms with Crippen molar-refractivity contribution in [2.45, 2.75) is 39.8 Å². The Labute approximate surface area is 108 Å². The Hall–Kier alpha value is -1.43. The number of carbonyl (C=O) groups is 1. The van der Waals surface area contributed by atoms with Crippen LogP contribution in [0.3, 0.4) is 0 Å². The Balaban J connectivity index is 2.41.